The molecule has 6 aliphatic carbocycles. The van der Waals surface area contributed by atoms with Crippen molar-refractivity contribution in [2.24, 2.45) is 45.3 Å². The zero-order valence-corrected chi connectivity index (χ0v) is 59.4. The average Bonchev–Trinajstić information content (AvgIpc) is 0.676. The van der Waals surface area contributed by atoms with Crippen molar-refractivity contribution >= 4 is 52.5 Å². The Labute approximate surface area is 544 Å². The molecule has 0 spiro atoms. The Morgan fingerprint density at radius 2 is 0.880 bits per heavy atom. The van der Waals surface area contributed by atoms with Crippen molar-refractivity contribution in [1.29, 1.82) is 0 Å². The SMILES string of the molecule is CC(=O)OC1C(O)C2=C(C)C(O[Si](C)(C)C)CC(O)(C(OC(=O)c3ccccc3)C3C4(OC(C)=O)COC4CC(C)C13C)C2(C)C.CC(=O)OC1C2=C(C)C(O[Si](C)(C)C)CC(O)(C(OC(=O)c3ccccc3)C3C4(OC(C)=O)COC4CC(C)C3(C)C1O)C2(C)C. The molecular formula is C70H100O20Si2. The van der Waals surface area contributed by atoms with Gasteiger partial charge in [0.1, 0.15) is 53.9 Å². The van der Waals surface area contributed by atoms with Crippen LogP contribution < -0.4 is 0 Å². The molecule has 4 saturated carbocycles. The number of esters is 6. The number of rotatable bonds is 12. The summed E-state index contributed by atoms with van der Waals surface area (Å²) in [5, 5.41) is 52.1. The number of aliphatic hydroxyl groups excluding tert-OH is 2. The lowest BCUT2D eigenvalue weighted by atomic mass is 9.43. The fourth-order valence-electron chi connectivity index (χ4n) is 18.1. The molecule has 20 nitrogen and oxygen atoms in total. The first-order valence-corrected chi connectivity index (χ1v) is 39.3. The molecule has 6 fully saturated rings. The zero-order valence-electron chi connectivity index (χ0n) is 57.4. The van der Waals surface area contributed by atoms with Gasteiger partial charge in [-0.1, -0.05) is 91.8 Å². The van der Waals surface area contributed by atoms with Crippen LogP contribution in [-0.4, -0.2) is 170 Å². The van der Waals surface area contributed by atoms with Gasteiger partial charge in [-0.3, -0.25) is 19.2 Å². The summed E-state index contributed by atoms with van der Waals surface area (Å²) in [5.41, 5.74) is -8.10. The van der Waals surface area contributed by atoms with Gasteiger partial charge in [-0.15, -0.1) is 0 Å². The molecule has 2 saturated heterocycles. The summed E-state index contributed by atoms with van der Waals surface area (Å²) in [6.07, 6.45) is -9.09. The number of benzene rings is 2. The highest BCUT2D eigenvalue weighted by Crippen LogP contribution is 2.69. The van der Waals surface area contributed by atoms with Crippen molar-refractivity contribution in [3.8, 4) is 0 Å². The van der Waals surface area contributed by atoms with Crippen LogP contribution in [0.5, 0.6) is 0 Å². The van der Waals surface area contributed by atoms with Gasteiger partial charge in [0.05, 0.1) is 48.4 Å². The number of aliphatic hydroxyl groups is 4. The summed E-state index contributed by atoms with van der Waals surface area (Å²) in [6, 6.07) is 17.0. The lowest BCUT2D eigenvalue weighted by Gasteiger charge is -2.69. The van der Waals surface area contributed by atoms with E-state index >= 15 is 0 Å². The van der Waals surface area contributed by atoms with Crippen LogP contribution in [0.3, 0.4) is 0 Å². The number of carbonyl (C=O) groups is 6. The lowest BCUT2D eigenvalue weighted by molar-refractivity contribution is -0.358. The smallest absolute Gasteiger partial charge is 0.338 e. The van der Waals surface area contributed by atoms with Crippen LogP contribution in [0, 0.1) is 45.3 Å². The number of fused-ring (bicyclic) bond motifs is 10. The minimum absolute atomic E-state index is 0.0123. The molecule has 10 rings (SSSR count). The highest BCUT2D eigenvalue weighted by atomic mass is 28.4. The molecule has 8 aliphatic rings. The molecule has 22 heteroatoms. The van der Waals surface area contributed by atoms with Gasteiger partial charge in [0.25, 0.3) is 0 Å². The van der Waals surface area contributed by atoms with Crippen LogP contribution >= 0.6 is 0 Å². The summed E-state index contributed by atoms with van der Waals surface area (Å²) in [4.78, 5) is 79.4. The van der Waals surface area contributed by atoms with Gasteiger partial charge in [0, 0.05) is 62.2 Å². The van der Waals surface area contributed by atoms with E-state index in [1.165, 1.54) is 27.7 Å². The van der Waals surface area contributed by atoms with Crippen molar-refractivity contribution in [2.75, 3.05) is 13.2 Å². The number of hydrogen-bond donors (Lipinski definition) is 4. The Balaban J connectivity index is 0.000000217. The maximum Gasteiger partial charge on any atom is 0.338 e. The Morgan fingerprint density at radius 1 is 0.511 bits per heavy atom. The number of hydrogen-bond acceptors (Lipinski definition) is 20. The second-order valence-electron chi connectivity index (χ2n) is 31.1. The standard InChI is InChI=1S/2C35H50O10Si/c1-19-16-25-34(18-41-25,44-22(4)37)28-30(43-31(39)23-14-12-11-13-15-23)35(40)17-24(45-46(8,9)10)20(2)26(32(35,5)6)27(42-21(3)36)29(38)33(19,28)7;1-19-16-25-34(18-41-25,44-22(4)37)28-30(43-31(39)23-14-12-11-13-15-23)35(40)17-24(45-46(8,9)10)20(2)26(32(35,5)6)27(38)29(33(19,28)7)42-21(3)36/h2*11-15,19,24-25,27-30,38,40H,16-18H2,1-10H3. The molecule has 0 radical (unpaired) electrons. The normalized spacial score (nSPS) is 39.9. The molecule has 508 valence electrons. The van der Waals surface area contributed by atoms with E-state index in [4.69, 9.17) is 46.7 Å². The average molecular weight is 1320 g/mol. The number of carbonyl (C=O) groups excluding carboxylic acids is 6. The van der Waals surface area contributed by atoms with Crippen LogP contribution in [-0.2, 0) is 65.9 Å². The number of ether oxygens (including phenoxy) is 8. The van der Waals surface area contributed by atoms with E-state index in [1.807, 2.05) is 109 Å². The van der Waals surface area contributed by atoms with Crippen molar-refractivity contribution in [1.82, 2.24) is 0 Å². The zero-order chi connectivity index (χ0) is 68.4. The summed E-state index contributed by atoms with van der Waals surface area (Å²) >= 11 is 0. The van der Waals surface area contributed by atoms with Gasteiger partial charge >= 0.3 is 35.8 Å². The van der Waals surface area contributed by atoms with Crippen LogP contribution in [0.25, 0.3) is 0 Å². The molecule has 2 heterocycles. The minimum Gasteiger partial charge on any atom is -0.459 e. The largest absolute Gasteiger partial charge is 0.459 e. The molecule has 2 aromatic carbocycles. The van der Waals surface area contributed by atoms with Gasteiger partial charge in [0.15, 0.2) is 33.9 Å². The van der Waals surface area contributed by atoms with Crippen LogP contribution in [0.1, 0.15) is 143 Å². The molecule has 2 aliphatic heterocycles. The summed E-state index contributed by atoms with van der Waals surface area (Å²) < 4.78 is 63.1. The van der Waals surface area contributed by atoms with E-state index in [2.05, 4.69) is 0 Å². The first-order chi connectivity index (χ1) is 42.4. The van der Waals surface area contributed by atoms with E-state index in [9.17, 15) is 49.2 Å². The third-order valence-corrected chi connectivity index (χ3v) is 24.7. The summed E-state index contributed by atoms with van der Waals surface area (Å²) in [6.45, 7) is 36.2. The molecule has 20 atom stereocenters. The highest BCUT2D eigenvalue weighted by Gasteiger charge is 2.80. The van der Waals surface area contributed by atoms with Crippen LogP contribution in [0.4, 0.5) is 0 Å². The van der Waals surface area contributed by atoms with Gasteiger partial charge in [-0.2, -0.15) is 0 Å². The lowest BCUT2D eigenvalue weighted by Crippen LogP contribution is -2.81. The van der Waals surface area contributed by atoms with Gasteiger partial charge < -0.3 is 67.2 Å². The molecule has 2 aromatic rings. The van der Waals surface area contributed by atoms with E-state index in [-0.39, 0.29) is 49.0 Å². The predicted molar refractivity (Wildman–Crippen MR) is 342 cm³/mol. The Bertz CT molecular complexity index is 3260. The Hall–Kier alpha value is -5.15. The molecule has 20 unspecified atom stereocenters. The quantitative estimate of drug-likeness (QED) is 0.0667. The maximum atomic E-state index is 14.1. The van der Waals surface area contributed by atoms with E-state index in [0.29, 0.717) is 24.0 Å². The monoisotopic (exact) mass is 1320 g/mol. The van der Waals surface area contributed by atoms with Crippen molar-refractivity contribution < 1.29 is 95.9 Å². The maximum absolute atomic E-state index is 14.1. The molecular weight excluding hydrogens is 1220 g/mol. The molecule has 4 bridgehead atoms. The first kappa shape index (κ1) is 71.2. The minimum atomic E-state index is -2.24. The molecule has 4 N–H and O–H groups in total. The van der Waals surface area contributed by atoms with Crippen LogP contribution in [0.15, 0.2) is 83.0 Å². The fourth-order valence-corrected chi connectivity index (χ4v) is 20.3. The molecule has 92 heavy (non-hydrogen) atoms. The van der Waals surface area contributed by atoms with Gasteiger partial charge in [-0.05, 0) is 124 Å². The van der Waals surface area contributed by atoms with E-state index in [0.717, 1.165) is 11.1 Å². The Morgan fingerprint density at radius 3 is 1.24 bits per heavy atom. The highest BCUT2D eigenvalue weighted by molar-refractivity contribution is 6.70. The predicted octanol–water partition coefficient (Wildman–Crippen LogP) is 9.16. The summed E-state index contributed by atoms with van der Waals surface area (Å²) in [5.74, 6) is -6.17. The van der Waals surface area contributed by atoms with Crippen LogP contribution in [0.2, 0.25) is 39.3 Å². The van der Waals surface area contributed by atoms with Crippen molar-refractivity contribution in [3.05, 3.63) is 94.1 Å². The molecule has 0 aromatic heterocycles. The van der Waals surface area contributed by atoms with E-state index in [1.54, 1.807) is 60.7 Å². The third-order valence-electron chi connectivity index (χ3n) is 22.8. The van der Waals surface area contributed by atoms with E-state index < -0.39 is 169 Å². The second-order valence-corrected chi connectivity index (χ2v) is 40.0. The Kier molecular flexibility index (Phi) is 18.9. The second kappa shape index (κ2) is 24.5. The third kappa shape index (κ3) is 11.6. The topological polar surface area (TPSA) is 276 Å². The fraction of sp³-hybridized carbons (Fsp3) is 0.686. The van der Waals surface area contributed by atoms with Gasteiger partial charge in [-0.25, -0.2) is 9.59 Å². The van der Waals surface area contributed by atoms with Crippen molar-refractivity contribution in [2.45, 2.75) is 245 Å². The van der Waals surface area contributed by atoms with Gasteiger partial charge in [0.2, 0.25) is 0 Å². The molecule has 0 amide bonds. The first-order valence-electron chi connectivity index (χ1n) is 32.5. The summed E-state index contributed by atoms with van der Waals surface area (Å²) in [7, 11) is -4.48. The van der Waals surface area contributed by atoms with Crippen molar-refractivity contribution in [3.63, 3.8) is 0 Å².